The van der Waals surface area contributed by atoms with Crippen molar-refractivity contribution in [2.45, 2.75) is 19.9 Å². The molecular formula is C24H26N4O5. The SMILES string of the molecule is CCOC(=O)c1nn(-c2ccccc2)c2c1CN(C(=O)Nc1ccc(OC)c(OC)c1)CC2. The molecule has 2 amide bonds. The number of esters is 1. The number of nitrogens with one attached hydrogen (secondary N) is 1. The number of ether oxygens (including phenoxy) is 3. The number of fused-ring (bicyclic) bond motifs is 1. The number of nitrogens with zero attached hydrogens (tertiary/aromatic N) is 3. The lowest BCUT2D eigenvalue weighted by molar-refractivity contribution is 0.0516. The van der Waals surface area contributed by atoms with Gasteiger partial charge in [0, 0.05) is 30.3 Å². The Kier molecular flexibility index (Phi) is 6.48. The molecule has 0 radical (unpaired) electrons. The Morgan fingerprint density at radius 2 is 1.82 bits per heavy atom. The first-order valence-electron chi connectivity index (χ1n) is 10.7. The number of urea groups is 1. The Hall–Kier alpha value is -4.01. The molecule has 2 aromatic carbocycles. The molecular weight excluding hydrogens is 424 g/mol. The molecule has 9 nitrogen and oxygen atoms in total. The van der Waals surface area contributed by atoms with E-state index >= 15 is 0 Å². The van der Waals surface area contributed by atoms with Crippen LogP contribution in [0.3, 0.4) is 0 Å². The average molecular weight is 450 g/mol. The average Bonchev–Trinajstić information content (AvgIpc) is 3.23. The van der Waals surface area contributed by atoms with Gasteiger partial charge in [-0.2, -0.15) is 5.10 Å². The molecule has 3 aromatic rings. The van der Waals surface area contributed by atoms with Crippen molar-refractivity contribution in [1.82, 2.24) is 14.7 Å². The molecule has 0 bridgehead atoms. The lowest BCUT2D eigenvalue weighted by Gasteiger charge is -2.28. The van der Waals surface area contributed by atoms with Gasteiger partial charge in [0.1, 0.15) is 0 Å². The van der Waals surface area contributed by atoms with Crippen LogP contribution in [0.1, 0.15) is 28.7 Å². The maximum absolute atomic E-state index is 13.0. The number of aromatic nitrogens is 2. The molecule has 0 saturated heterocycles. The number of methoxy groups -OCH3 is 2. The number of anilines is 1. The number of hydrogen-bond acceptors (Lipinski definition) is 6. The van der Waals surface area contributed by atoms with Crippen LogP contribution in [0.2, 0.25) is 0 Å². The molecule has 0 saturated carbocycles. The third kappa shape index (κ3) is 4.48. The van der Waals surface area contributed by atoms with E-state index in [2.05, 4.69) is 10.4 Å². The summed E-state index contributed by atoms with van der Waals surface area (Å²) in [5.41, 5.74) is 3.27. The number of amides is 2. The molecule has 4 rings (SSSR count). The van der Waals surface area contributed by atoms with Crippen LogP contribution in [-0.4, -0.2) is 54.1 Å². The standard InChI is InChI=1S/C24H26N4O5/c1-4-33-23(29)22-18-15-27(13-12-19(18)28(26-22)17-8-6-5-7-9-17)24(30)25-16-10-11-20(31-2)21(14-16)32-3/h5-11,14H,4,12-13,15H2,1-3H3,(H,25,30). The zero-order valence-electron chi connectivity index (χ0n) is 18.8. The zero-order valence-corrected chi connectivity index (χ0v) is 18.8. The van der Waals surface area contributed by atoms with Crippen molar-refractivity contribution in [3.8, 4) is 17.2 Å². The summed E-state index contributed by atoms with van der Waals surface area (Å²) < 4.78 is 17.5. The molecule has 0 atom stereocenters. The van der Waals surface area contributed by atoms with Gasteiger partial charge in [-0.3, -0.25) is 0 Å². The Labute approximate surface area is 191 Å². The zero-order chi connectivity index (χ0) is 23.4. The second-order valence-corrected chi connectivity index (χ2v) is 7.41. The van der Waals surface area contributed by atoms with E-state index in [4.69, 9.17) is 14.2 Å². The van der Waals surface area contributed by atoms with Gasteiger partial charge >= 0.3 is 12.0 Å². The molecule has 1 aliphatic heterocycles. The Bertz CT molecular complexity index is 1160. The highest BCUT2D eigenvalue weighted by atomic mass is 16.5. The summed E-state index contributed by atoms with van der Waals surface area (Å²) in [6.45, 7) is 2.72. The molecule has 0 aliphatic carbocycles. The van der Waals surface area contributed by atoms with E-state index in [1.54, 1.807) is 41.8 Å². The van der Waals surface area contributed by atoms with Crippen molar-refractivity contribution in [2.75, 3.05) is 32.7 Å². The van der Waals surface area contributed by atoms with Crippen LogP contribution in [0.5, 0.6) is 11.5 Å². The molecule has 0 spiro atoms. The Morgan fingerprint density at radius 1 is 1.06 bits per heavy atom. The third-order valence-electron chi connectivity index (χ3n) is 5.45. The largest absolute Gasteiger partial charge is 0.493 e. The summed E-state index contributed by atoms with van der Waals surface area (Å²) in [6, 6.07) is 14.5. The van der Waals surface area contributed by atoms with Gasteiger partial charge in [-0.1, -0.05) is 18.2 Å². The van der Waals surface area contributed by atoms with Gasteiger partial charge in [-0.05, 0) is 31.2 Å². The van der Waals surface area contributed by atoms with Crippen molar-refractivity contribution < 1.29 is 23.8 Å². The van der Waals surface area contributed by atoms with Crippen LogP contribution < -0.4 is 14.8 Å². The Balaban J connectivity index is 1.60. The van der Waals surface area contributed by atoms with E-state index in [0.717, 1.165) is 11.4 Å². The number of para-hydroxylation sites is 1. The highest BCUT2D eigenvalue weighted by molar-refractivity contribution is 5.92. The molecule has 0 unspecified atom stereocenters. The van der Waals surface area contributed by atoms with Gasteiger partial charge in [-0.25, -0.2) is 14.3 Å². The fourth-order valence-corrected chi connectivity index (χ4v) is 3.86. The minimum absolute atomic E-state index is 0.235. The second kappa shape index (κ2) is 9.64. The van der Waals surface area contributed by atoms with E-state index in [1.165, 1.54) is 7.11 Å². The normalized spacial score (nSPS) is 12.6. The van der Waals surface area contributed by atoms with E-state index in [9.17, 15) is 9.59 Å². The molecule has 1 N–H and O–H groups in total. The molecule has 172 valence electrons. The monoisotopic (exact) mass is 450 g/mol. The molecule has 2 heterocycles. The van der Waals surface area contributed by atoms with Gasteiger partial charge < -0.3 is 24.4 Å². The van der Waals surface area contributed by atoms with E-state index in [1.807, 2.05) is 30.3 Å². The third-order valence-corrected chi connectivity index (χ3v) is 5.45. The number of rotatable bonds is 6. The molecule has 0 fully saturated rings. The topological polar surface area (TPSA) is 94.9 Å². The molecule has 33 heavy (non-hydrogen) atoms. The van der Waals surface area contributed by atoms with Crippen molar-refractivity contribution in [1.29, 1.82) is 0 Å². The number of benzene rings is 2. The van der Waals surface area contributed by atoms with Crippen LogP contribution in [-0.2, 0) is 17.7 Å². The van der Waals surface area contributed by atoms with E-state index < -0.39 is 5.97 Å². The van der Waals surface area contributed by atoms with Crippen molar-refractivity contribution >= 4 is 17.7 Å². The van der Waals surface area contributed by atoms with Crippen molar-refractivity contribution in [2.24, 2.45) is 0 Å². The van der Waals surface area contributed by atoms with Gasteiger partial charge in [0.2, 0.25) is 0 Å². The predicted octanol–water partition coefficient (Wildman–Crippen LogP) is 3.66. The first-order chi connectivity index (χ1) is 16.0. The van der Waals surface area contributed by atoms with E-state index in [0.29, 0.717) is 35.7 Å². The quantitative estimate of drug-likeness (QED) is 0.576. The number of carbonyl (C=O) groups excluding carboxylic acids is 2. The van der Waals surface area contributed by atoms with Gasteiger partial charge in [0.15, 0.2) is 17.2 Å². The van der Waals surface area contributed by atoms with Crippen LogP contribution in [0.4, 0.5) is 10.5 Å². The summed E-state index contributed by atoms with van der Waals surface area (Å²) in [5, 5.41) is 7.44. The molecule has 9 heteroatoms. The maximum Gasteiger partial charge on any atom is 0.359 e. The first kappa shape index (κ1) is 22.2. The summed E-state index contributed by atoms with van der Waals surface area (Å²) in [5.74, 6) is 0.598. The fourth-order valence-electron chi connectivity index (χ4n) is 3.86. The van der Waals surface area contributed by atoms with Crippen LogP contribution in [0.25, 0.3) is 5.69 Å². The van der Waals surface area contributed by atoms with E-state index in [-0.39, 0.29) is 24.9 Å². The Morgan fingerprint density at radius 3 is 2.52 bits per heavy atom. The van der Waals surface area contributed by atoms with Gasteiger partial charge in [0.05, 0.1) is 38.8 Å². The first-order valence-corrected chi connectivity index (χ1v) is 10.7. The number of hydrogen-bond donors (Lipinski definition) is 1. The smallest absolute Gasteiger partial charge is 0.359 e. The predicted molar refractivity (Wildman–Crippen MR) is 122 cm³/mol. The van der Waals surface area contributed by atoms with Gasteiger partial charge in [-0.15, -0.1) is 0 Å². The van der Waals surface area contributed by atoms with Crippen LogP contribution in [0.15, 0.2) is 48.5 Å². The van der Waals surface area contributed by atoms with Gasteiger partial charge in [0.25, 0.3) is 0 Å². The highest BCUT2D eigenvalue weighted by Gasteiger charge is 2.31. The summed E-state index contributed by atoms with van der Waals surface area (Å²) in [7, 11) is 3.09. The van der Waals surface area contributed by atoms with Crippen LogP contribution >= 0.6 is 0 Å². The van der Waals surface area contributed by atoms with Crippen molar-refractivity contribution in [3.05, 3.63) is 65.5 Å². The summed E-state index contributed by atoms with van der Waals surface area (Å²) >= 11 is 0. The molecule has 1 aliphatic rings. The lowest BCUT2D eigenvalue weighted by atomic mass is 10.0. The highest BCUT2D eigenvalue weighted by Crippen LogP contribution is 2.31. The minimum Gasteiger partial charge on any atom is -0.493 e. The summed E-state index contributed by atoms with van der Waals surface area (Å²) in [4.78, 5) is 27.3. The second-order valence-electron chi connectivity index (χ2n) is 7.41. The minimum atomic E-state index is -0.495. The van der Waals surface area contributed by atoms with Crippen LogP contribution in [0, 0.1) is 0 Å². The lowest BCUT2D eigenvalue weighted by Crippen LogP contribution is -2.39. The maximum atomic E-state index is 13.0. The van der Waals surface area contributed by atoms with Crippen molar-refractivity contribution in [3.63, 3.8) is 0 Å². The summed E-state index contributed by atoms with van der Waals surface area (Å²) in [6.07, 6.45) is 0.552. The fraction of sp³-hybridized carbons (Fsp3) is 0.292. The molecule has 1 aromatic heterocycles. The number of carbonyl (C=O) groups is 2.